The molecular formula is C20H26N2O5. The molecule has 7 nitrogen and oxygen atoms in total. The van der Waals surface area contributed by atoms with Crippen LogP contribution in [0, 0.1) is 5.92 Å². The Morgan fingerprint density at radius 3 is 2.78 bits per heavy atom. The number of rotatable bonds is 7. The van der Waals surface area contributed by atoms with Crippen LogP contribution in [0.2, 0.25) is 0 Å². The summed E-state index contributed by atoms with van der Waals surface area (Å²) in [7, 11) is 0. The van der Waals surface area contributed by atoms with Crippen LogP contribution < -0.4 is 0 Å². The number of hydrogen-bond acceptors (Lipinski definition) is 5. The lowest BCUT2D eigenvalue weighted by molar-refractivity contribution is -0.136. The highest BCUT2D eigenvalue weighted by atomic mass is 16.5. The molecule has 0 aliphatic carbocycles. The van der Waals surface area contributed by atoms with Crippen molar-refractivity contribution in [3.63, 3.8) is 0 Å². The van der Waals surface area contributed by atoms with Gasteiger partial charge in [0, 0.05) is 25.4 Å². The molecule has 3 aliphatic heterocycles. The van der Waals surface area contributed by atoms with E-state index in [4.69, 9.17) is 14.3 Å². The zero-order chi connectivity index (χ0) is 18.8. The van der Waals surface area contributed by atoms with Crippen molar-refractivity contribution in [2.45, 2.75) is 63.1 Å². The molecule has 4 heterocycles. The van der Waals surface area contributed by atoms with E-state index in [1.54, 1.807) is 0 Å². The summed E-state index contributed by atoms with van der Waals surface area (Å²) in [5.41, 5.74) is 0.394. The number of likely N-dealkylation sites (tertiary alicyclic amines) is 1. The normalized spacial score (nSPS) is 29.9. The van der Waals surface area contributed by atoms with Crippen molar-refractivity contribution < 1.29 is 23.8 Å². The van der Waals surface area contributed by atoms with Crippen LogP contribution in [0.1, 0.15) is 67.2 Å². The number of carboxylic acid groups (broad SMARTS) is 1. The fraction of sp³-hybridized carbons (Fsp3) is 0.650. The number of nitrogens with zero attached hydrogens (tertiary/aromatic N) is 2. The first-order valence-electron chi connectivity index (χ1n) is 9.90. The molecule has 146 valence electrons. The molecule has 4 atom stereocenters. The molecule has 0 aromatic carbocycles. The second-order valence-corrected chi connectivity index (χ2v) is 7.69. The van der Waals surface area contributed by atoms with Gasteiger partial charge in [0.1, 0.15) is 6.26 Å². The third-order valence-corrected chi connectivity index (χ3v) is 5.94. The Balaban J connectivity index is 1.43. The Labute approximate surface area is 158 Å². The molecule has 4 rings (SSSR count). The number of aliphatic carboxylic acids is 1. The predicted octanol–water partition coefficient (Wildman–Crippen LogP) is 2.98. The summed E-state index contributed by atoms with van der Waals surface area (Å²) >= 11 is 0. The fourth-order valence-electron chi connectivity index (χ4n) is 4.62. The second kappa shape index (κ2) is 7.84. The maximum Gasteiger partial charge on any atom is 0.303 e. The molecule has 4 unspecified atom stereocenters. The molecule has 0 radical (unpaired) electrons. The molecule has 7 heteroatoms. The molecular weight excluding hydrogens is 348 g/mol. The summed E-state index contributed by atoms with van der Waals surface area (Å²) in [6.45, 7) is 1.59. The van der Waals surface area contributed by atoms with Gasteiger partial charge in [0.2, 0.25) is 5.89 Å². The van der Waals surface area contributed by atoms with E-state index in [1.165, 1.54) is 6.26 Å². The predicted molar refractivity (Wildman–Crippen MR) is 96.4 cm³/mol. The van der Waals surface area contributed by atoms with Crippen LogP contribution >= 0.6 is 0 Å². The van der Waals surface area contributed by atoms with E-state index in [9.17, 15) is 9.59 Å². The molecule has 3 fully saturated rings. The molecule has 1 aromatic rings. The van der Waals surface area contributed by atoms with Crippen LogP contribution in [0.25, 0.3) is 0 Å². The Kier molecular flexibility index (Phi) is 5.29. The van der Waals surface area contributed by atoms with Crippen molar-refractivity contribution in [1.82, 2.24) is 9.88 Å². The van der Waals surface area contributed by atoms with E-state index in [0.717, 1.165) is 45.2 Å². The molecule has 27 heavy (non-hydrogen) atoms. The third-order valence-electron chi connectivity index (χ3n) is 5.94. The van der Waals surface area contributed by atoms with Crippen LogP contribution in [-0.2, 0) is 9.53 Å². The number of carbonyl (C=O) groups is 2. The van der Waals surface area contributed by atoms with Gasteiger partial charge in [0.15, 0.2) is 5.69 Å². The number of fused-ring (bicyclic) bond motifs is 2. The average Bonchev–Trinajstić information content (AvgIpc) is 3.44. The van der Waals surface area contributed by atoms with E-state index in [-0.39, 0.29) is 36.4 Å². The third kappa shape index (κ3) is 3.78. The second-order valence-electron chi connectivity index (χ2n) is 7.69. The van der Waals surface area contributed by atoms with Gasteiger partial charge in [-0.15, -0.1) is 0 Å². The number of ether oxygens (including phenoxy) is 1. The van der Waals surface area contributed by atoms with Gasteiger partial charge in [-0.25, -0.2) is 4.98 Å². The summed E-state index contributed by atoms with van der Waals surface area (Å²) < 4.78 is 11.8. The molecule has 2 bridgehead atoms. The van der Waals surface area contributed by atoms with Gasteiger partial charge in [0.05, 0.1) is 18.1 Å². The van der Waals surface area contributed by atoms with Gasteiger partial charge < -0.3 is 19.2 Å². The van der Waals surface area contributed by atoms with Gasteiger partial charge >= 0.3 is 5.97 Å². The molecule has 0 spiro atoms. The molecule has 3 saturated heterocycles. The van der Waals surface area contributed by atoms with Gasteiger partial charge in [-0.2, -0.15) is 0 Å². The minimum atomic E-state index is -0.782. The Bertz CT molecular complexity index is 722. The van der Waals surface area contributed by atoms with Crippen LogP contribution in [0.15, 0.2) is 22.8 Å². The smallest absolute Gasteiger partial charge is 0.303 e. The summed E-state index contributed by atoms with van der Waals surface area (Å²) in [6, 6.07) is 0. The zero-order valence-electron chi connectivity index (χ0n) is 15.4. The van der Waals surface area contributed by atoms with Crippen molar-refractivity contribution in [1.29, 1.82) is 0 Å². The number of oxazole rings is 1. The highest BCUT2D eigenvalue weighted by Gasteiger charge is 2.51. The van der Waals surface area contributed by atoms with Crippen molar-refractivity contribution in [2.75, 3.05) is 13.1 Å². The topological polar surface area (TPSA) is 92.9 Å². The minimum absolute atomic E-state index is 0.0447. The summed E-state index contributed by atoms with van der Waals surface area (Å²) in [6.07, 6.45) is 11.4. The van der Waals surface area contributed by atoms with E-state index in [0.29, 0.717) is 18.0 Å². The summed E-state index contributed by atoms with van der Waals surface area (Å²) in [4.78, 5) is 29.5. The van der Waals surface area contributed by atoms with Crippen LogP contribution in [-0.4, -0.2) is 52.2 Å². The lowest BCUT2D eigenvalue weighted by atomic mass is 9.77. The lowest BCUT2D eigenvalue weighted by Crippen LogP contribution is -2.28. The van der Waals surface area contributed by atoms with Crippen LogP contribution in [0.3, 0.4) is 0 Å². The van der Waals surface area contributed by atoms with E-state index in [2.05, 4.69) is 4.98 Å². The summed E-state index contributed by atoms with van der Waals surface area (Å²) in [5, 5.41) is 8.72. The van der Waals surface area contributed by atoms with Crippen molar-refractivity contribution in [2.24, 2.45) is 5.92 Å². The van der Waals surface area contributed by atoms with Gasteiger partial charge in [-0.05, 0) is 38.5 Å². The molecule has 1 aromatic heterocycles. The van der Waals surface area contributed by atoms with E-state index < -0.39 is 5.97 Å². The Hall–Kier alpha value is -2.15. The minimum Gasteiger partial charge on any atom is -0.481 e. The average molecular weight is 374 g/mol. The summed E-state index contributed by atoms with van der Waals surface area (Å²) in [5.74, 6) is 0.104. The standard InChI is InChI=1S/C20H26N2O5/c23-17(24)7-3-1-2-6-13-15-8-9-16(27-15)18(13)19-21-14(12-26-19)20(25)22-10-4-5-11-22/h1-2,12-13,15-16,18H,3-11H2,(H,23,24). The number of amides is 1. The number of aromatic nitrogens is 1. The maximum atomic E-state index is 12.5. The monoisotopic (exact) mass is 374 g/mol. The van der Waals surface area contributed by atoms with E-state index in [1.807, 2.05) is 17.1 Å². The molecule has 3 aliphatic rings. The van der Waals surface area contributed by atoms with Crippen molar-refractivity contribution in [3.8, 4) is 0 Å². The highest BCUT2D eigenvalue weighted by Crippen LogP contribution is 2.50. The SMILES string of the molecule is O=C(O)CCC=CCC1C2CCC(O2)C1c1nc(C(=O)N2CCCC2)co1. The van der Waals surface area contributed by atoms with Crippen LogP contribution in [0.5, 0.6) is 0 Å². The molecule has 1 N–H and O–H groups in total. The number of carboxylic acids is 1. The lowest BCUT2D eigenvalue weighted by Gasteiger charge is -2.24. The van der Waals surface area contributed by atoms with Gasteiger partial charge in [-0.1, -0.05) is 12.2 Å². The van der Waals surface area contributed by atoms with Crippen molar-refractivity contribution >= 4 is 11.9 Å². The van der Waals surface area contributed by atoms with Crippen molar-refractivity contribution in [3.05, 3.63) is 30.0 Å². The maximum absolute atomic E-state index is 12.5. The molecule has 0 saturated carbocycles. The first kappa shape index (κ1) is 18.2. The fourth-order valence-corrected chi connectivity index (χ4v) is 4.62. The first-order valence-corrected chi connectivity index (χ1v) is 9.90. The quantitative estimate of drug-likeness (QED) is 0.738. The number of allylic oxidation sites excluding steroid dienone is 2. The Morgan fingerprint density at radius 1 is 1.22 bits per heavy atom. The number of hydrogen-bond donors (Lipinski definition) is 1. The molecule has 1 amide bonds. The number of carbonyl (C=O) groups excluding carboxylic acids is 1. The zero-order valence-corrected chi connectivity index (χ0v) is 15.4. The van der Waals surface area contributed by atoms with Crippen LogP contribution in [0.4, 0.5) is 0 Å². The van der Waals surface area contributed by atoms with Gasteiger partial charge in [-0.3, -0.25) is 9.59 Å². The van der Waals surface area contributed by atoms with E-state index >= 15 is 0 Å². The largest absolute Gasteiger partial charge is 0.481 e. The van der Waals surface area contributed by atoms with Gasteiger partial charge in [0.25, 0.3) is 5.91 Å². The Morgan fingerprint density at radius 2 is 2.00 bits per heavy atom. The first-order chi connectivity index (χ1) is 13.1. The highest BCUT2D eigenvalue weighted by molar-refractivity contribution is 5.92.